The number of amides is 2. The van der Waals surface area contributed by atoms with E-state index in [1.165, 1.54) is 11.8 Å². The molecule has 6 atom stereocenters. The number of likely N-dealkylation sites (tertiary alicyclic amines) is 1. The summed E-state index contributed by atoms with van der Waals surface area (Å²) in [5.74, 6) is -3.25. The van der Waals surface area contributed by atoms with E-state index in [9.17, 15) is 24.6 Å². The average molecular weight is 578 g/mol. The Balaban J connectivity index is 1.57. The lowest BCUT2D eigenvalue weighted by molar-refractivity contribution is -0.149. The van der Waals surface area contributed by atoms with Gasteiger partial charge in [0.2, 0.25) is 5.91 Å². The van der Waals surface area contributed by atoms with Crippen molar-refractivity contribution in [1.29, 1.82) is 0 Å². The second kappa shape index (κ2) is 11.9. The van der Waals surface area contributed by atoms with Crippen molar-refractivity contribution < 1.29 is 24.6 Å². The molecule has 2 N–H and O–H groups in total. The number of hydrogen-bond donors (Lipinski definition) is 2. The van der Waals surface area contributed by atoms with Crippen LogP contribution in [0.25, 0.3) is 0 Å². The zero-order valence-corrected chi connectivity index (χ0v) is 24.5. The summed E-state index contributed by atoms with van der Waals surface area (Å²) in [6.07, 6.45) is 3.26. The summed E-state index contributed by atoms with van der Waals surface area (Å²) in [5, 5.41) is 20.6. The molecule has 0 aliphatic carbocycles. The molecule has 41 heavy (non-hydrogen) atoms. The Morgan fingerprint density at radius 1 is 1.12 bits per heavy atom. The third-order valence-electron chi connectivity index (χ3n) is 9.04. The van der Waals surface area contributed by atoms with Crippen LogP contribution in [-0.2, 0) is 20.8 Å². The van der Waals surface area contributed by atoms with E-state index in [0.29, 0.717) is 24.9 Å². The fourth-order valence-electron chi connectivity index (χ4n) is 7.21. The van der Waals surface area contributed by atoms with Crippen molar-refractivity contribution in [3.63, 3.8) is 0 Å². The molecule has 3 aliphatic heterocycles. The Hall–Kier alpha value is -3.30. The van der Waals surface area contributed by atoms with Crippen LogP contribution in [0, 0.1) is 11.8 Å². The maximum Gasteiger partial charge on any atom is 0.308 e. The van der Waals surface area contributed by atoms with Crippen molar-refractivity contribution in [3.05, 3.63) is 72.8 Å². The van der Waals surface area contributed by atoms with E-state index in [1.54, 1.807) is 15.9 Å². The number of hydrogen-bond acceptors (Lipinski definition) is 6. The molecule has 0 aromatic heterocycles. The maximum absolute atomic E-state index is 14.7. The van der Waals surface area contributed by atoms with Gasteiger partial charge in [0.15, 0.2) is 0 Å². The van der Waals surface area contributed by atoms with E-state index in [4.69, 9.17) is 0 Å². The number of carbonyl (C=O) groups excluding carboxylic acids is 2. The van der Waals surface area contributed by atoms with Gasteiger partial charge in [0, 0.05) is 36.3 Å². The summed E-state index contributed by atoms with van der Waals surface area (Å²) >= 11 is 1.50. The van der Waals surface area contributed by atoms with Gasteiger partial charge in [-0.2, -0.15) is 0 Å². The summed E-state index contributed by atoms with van der Waals surface area (Å²) in [4.78, 5) is 46.8. The predicted octanol–water partition coefficient (Wildman–Crippen LogP) is 3.83. The number of benzene rings is 2. The molecule has 2 aromatic rings. The highest BCUT2D eigenvalue weighted by Crippen LogP contribution is 2.66. The van der Waals surface area contributed by atoms with E-state index in [-0.39, 0.29) is 30.2 Å². The number of carboxylic acids is 1. The molecule has 8 nitrogen and oxygen atoms in total. The van der Waals surface area contributed by atoms with Crippen LogP contribution in [0.1, 0.15) is 32.3 Å². The second-order valence-corrected chi connectivity index (χ2v) is 12.7. The van der Waals surface area contributed by atoms with Gasteiger partial charge >= 0.3 is 5.97 Å². The van der Waals surface area contributed by atoms with E-state index < -0.39 is 34.6 Å². The zero-order chi connectivity index (χ0) is 29.3. The van der Waals surface area contributed by atoms with Gasteiger partial charge in [-0.15, -0.1) is 18.3 Å². The van der Waals surface area contributed by atoms with Crippen LogP contribution < -0.4 is 9.80 Å². The Morgan fingerprint density at radius 3 is 2.37 bits per heavy atom. The second-order valence-electron chi connectivity index (χ2n) is 11.1. The molecule has 9 heteroatoms. The van der Waals surface area contributed by atoms with Gasteiger partial charge in [-0.3, -0.25) is 14.4 Å². The highest BCUT2D eigenvalue weighted by molar-refractivity contribution is 8.02. The first kappa shape index (κ1) is 29.2. The van der Waals surface area contributed by atoms with Crippen LogP contribution in [-0.4, -0.2) is 81.2 Å². The quantitative estimate of drug-likeness (QED) is 0.370. The van der Waals surface area contributed by atoms with Gasteiger partial charge in [0.05, 0.1) is 29.2 Å². The molecule has 3 fully saturated rings. The van der Waals surface area contributed by atoms with E-state index in [2.05, 4.69) is 25.3 Å². The lowest BCUT2D eigenvalue weighted by Crippen LogP contribution is -2.58. The van der Waals surface area contributed by atoms with Crippen molar-refractivity contribution in [1.82, 2.24) is 4.90 Å². The molecular formula is C32H39N3O5S. The number of aliphatic hydroxyl groups is 1. The van der Waals surface area contributed by atoms with Crippen molar-refractivity contribution >= 4 is 40.9 Å². The van der Waals surface area contributed by atoms with Crippen LogP contribution in [0.15, 0.2) is 67.3 Å². The van der Waals surface area contributed by atoms with Gasteiger partial charge in [-0.05, 0) is 62.9 Å². The molecule has 3 saturated heterocycles. The summed E-state index contributed by atoms with van der Waals surface area (Å²) < 4.78 is -0.855. The predicted molar refractivity (Wildman–Crippen MR) is 162 cm³/mol. The van der Waals surface area contributed by atoms with E-state index >= 15 is 0 Å². The van der Waals surface area contributed by atoms with Gasteiger partial charge < -0.3 is 24.9 Å². The Morgan fingerprint density at radius 2 is 1.78 bits per heavy atom. The highest BCUT2D eigenvalue weighted by atomic mass is 32.2. The lowest BCUT2D eigenvalue weighted by Gasteiger charge is -2.39. The molecule has 3 heterocycles. The minimum Gasteiger partial charge on any atom is -0.481 e. The fourth-order valence-corrected chi connectivity index (χ4v) is 9.41. The maximum atomic E-state index is 14.7. The first-order valence-corrected chi connectivity index (χ1v) is 15.3. The summed E-state index contributed by atoms with van der Waals surface area (Å²) in [7, 11) is 0. The van der Waals surface area contributed by atoms with Crippen molar-refractivity contribution in [2.45, 2.75) is 55.2 Å². The Kier molecular flexibility index (Phi) is 8.47. The molecule has 2 amide bonds. The topological polar surface area (TPSA) is 101 Å². The van der Waals surface area contributed by atoms with E-state index in [0.717, 1.165) is 24.3 Å². The molecule has 5 rings (SSSR count). The molecule has 2 bridgehead atoms. The lowest BCUT2D eigenvalue weighted by atomic mass is 9.71. The summed E-state index contributed by atoms with van der Waals surface area (Å²) in [6, 6.07) is 15.8. The minimum absolute atomic E-state index is 0.207. The molecule has 3 aliphatic rings. The van der Waals surface area contributed by atoms with Crippen LogP contribution in [0.2, 0.25) is 0 Å². The normalized spacial score (nSPS) is 27.0. The molecule has 218 valence electrons. The minimum atomic E-state index is -0.992. The van der Waals surface area contributed by atoms with Crippen LogP contribution in [0.4, 0.5) is 11.4 Å². The van der Waals surface area contributed by atoms with Crippen LogP contribution >= 0.6 is 11.8 Å². The van der Waals surface area contributed by atoms with E-state index in [1.807, 2.05) is 54.6 Å². The summed E-state index contributed by atoms with van der Waals surface area (Å²) in [6.45, 7) is 9.71. The molecule has 2 aromatic carbocycles. The van der Waals surface area contributed by atoms with Gasteiger partial charge in [0.25, 0.3) is 5.91 Å². The highest BCUT2D eigenvalue weighted by Gasteiger charge is 2.74. The first-order valence-electron chi connectivity index (χ1n) is 14.5. The molecule has 0 saturated carbocycles. The summed E-state index contributed by atoms with van der Waals surface area (Å²) in [5.41, 5.74) is 2.68. The number of fused-ring (bicyclic) bond motifs is 1. The van der Waals surface area contributed by atoms with Gasteiger partial charge in [-0.25, -0.2) is 0 Å². The molecular weight excluding hydrogens is 538 g/mol. The Bertz CT molecular complexity index is 1280. The number of carbonyl (C=O) groups is 3. The number of carboxylic acid groups (broad SMARTS) is 1. The van der Waals surface area contributed by atoms with Gasteiger partial charge in [-0.1, -0.05) is 36.4 Å². The smallest absolute Gasteiger partial charge is 0.308 e. The third kappa shape index (κ3) is 4.93. The van der Waals surface area contributed by atoms with Crippen molar-refractivity contribution in [3.8, 4) is 0 Å². The molecule has 0 radical (unpaired) electrons. The first-order chi connectivity index (χ1) is 19.8. The monoisotopic (exact) mass is 577 g/mol. The van der Waals surface area contributed by atoms with Crippen molar-refractivity contribution in [2.75, 3.05) is 36.0 Å². The van der Waals surface area contributed by atoms with Crippen LogP contribution in [0.3, 0.4) is 0 Å². The largest absolute Gasteiger partial charge is 0.481 e. The average Bonchev–Trinajstić information content (AvgIpc) is 3.63. The molecule has 2 unspecified atom stereocenters. The number of nitrogens with zero attached hydrogens (tertiary/aromatic N) is 3. The molecule has 1 spiro atoms. The zero-order valence-electron chi connectivity index (χ0n) is 23.7. The SMILES string of the molecule is C=CCN(C(=O)C1N([C@@H](CO)Cc2ccccc2)C(=O)[C@@H]2[C@@H](C(=O)O)[C@H]3CCC12S3)c1ccc(N(CC)CC)cc1. The Labute approximate surface area is 246 Å². The standard InChI is InChI=1S/C32H39N3O5S/c1-4-18-34(23-14-12-22(13-15-23)33(5-2)6-3)30(38)28-32-17-16-25(41-32)26(31(39)40)27(32)29(37)35(28)24(20-36)19-21-10-8-7-9-11-21/h4,7-15,24-28,36H,1,5-6,16-20H2,2-3H3,(H,39,40)/t24-,25-,26+,27+,28?,32?/m1/s1. The number of rotatable bonds is 12. The van der Waals surface area contributed by atoms with Crippen molar-refractivity contribution in [2.24, 2.45) is 11.8 Å². The van der Waals surface area contributed by atoms with Crippen LogP contribution in [0.5, 0.6) is 0 Å². The number of thioether (sulfide) groups is 1. The number of aliphatic hydroxyl groups excluding tert-OH is 1. The number of anilines is 2. The fraction of sp³-hybridized carbons (Fsp3) is 0.469. The third-order valence-corrected chi connectivity index (χ3v) is 11.0. The number of aliphatic carboxylic acids is 1. The van der Waals surface area contributed by atoms with Gasteiger partial charge in [0.1, 0.15) is 6.04 Å².